The lowest BCUT2D eigenvalue weighted by atomic mass is 10.2. The first-order valence-electron chi connectivity index (χ1n) is 6.02. The normalized spacial score (nSPS) is 14.6. The van der Waals surface area contributed by atoms with Gasteiger partial charge in [-0.15, -0.1) is 0 Å². The second kappa shape index (κ2) is 5.80. The molecular weight excluding hydrogens is 299 g/mol. The molecule has 0 spiro atoms. The number of nitrogens with one attached hydrogen (secondary N) is 2. The highest BCUT2D eigenvalue weighted by Crippen LogP contribution is 2.27. The molecule has 0 heterocycles. The summed E-state index contributed by atoms with van der Waals surface area (Å²) in [7, 11) is 0. The maximum Gasteiger partial charge on any atom is 0.238 e. The van der Waals surface area contributed by atoms with E-state index in [1.165, 1.54) is 18.9 Å². The van der Waals surface area contributed by atoms with Crippen molar-refractivity contribution in [2.75, 3.05) is 18.4 Å². The third-order valence-corrected chi connectivity index (χ3v) is 3.56. The molecule has 98 valence electrons. The molecular formula is C13H16BrFN2O. The highest BCUT2D eigenvalue weighted by Gasteiger charge is 2.20. The fourth-order valence-electron chi connectivity index (χ4n) is 1.69. The lowest BCUT2D eigenvalue weighted by Crippen LogP contribution is -2.29. The minimum absolute atomic E-state index is 0.0998. The molecule has 0 atom stereocenters. The van der Waals surface area contributed by atoms with E-state index in [-0.39, 0.29) is 11.7 Å². The summed E-state index contributed by atoms with van der Waals surface area (Å²) in [5, 5.41) is 5.89. The Kier molecular flexibility index (Phi) is 4.35. The summed E-state index contributed by atoms with van der Waals surface area (Å²) in [6.45, 7) is 2.97. The molecule has 1 aromatic carbocycles. The topological polar surface area (TPSA) is 41.1 Å². The second-order valence-corrected chi connectivity index (χ2v) is 5.56. The first kappa shape index (κ1) is 13.5. The Bertz CT molecular complexity index is 461. The van der Waals surface area contributed by atoms with Gasteiger partial charge in [0.25, 0.3) is 0 Å². The van der Waals surface area contributed by atoms with Gasteiger partial charge in [-0.3, -0.25) is 4.79 Å². The van der Waals surface area contributed by atoms with E-state index in [1.54, 1.807) is 13.0 Å². The number of carbonyl (C=O) groups is 1. The van der Waals surface area contributed by atoms with Crippen LogP contribution in [0.5, 0.6) is 0 Å². The molecule has 0 radical (unpaired) electrons. The van der Waals surface area contributed by atoms with Gasteiger partial charge in [0.1, 0.15) is 5.82 Å². The predicted octanol–water partition coefficient (Wildman–Crippen LogP) is 2.83. The number of anilines is 1. The number of hydrogen-bond donors (Lipinski definition) is 2. The van der Waals surface area contributed by atoms with Crippen molar-refractivity contribution in [2.24, 2.45) is 5.92 Å². The molecule has 0 unspecified atom stereocenters. The van der Waals surface area contributed by atoms with Gasteiger partial charge < -0.3 is 10.6 Å². The zero-order valence-electron chi connectivity index (χ0n) is 10.2. The van der Waals surface area contributed by atoms with Gasteiger partial charge in [-0.05, 0) is 65.9 Å². The van der Waals surface area contributed by atoms with Crippen LogP contribution in [0.15, 0.2) is 16.6 Å². The smallest absolute Gasteiger partial charge is 0.238 e. The highest BCUT2D eigenvalue weighted by atomic mass is 79.9. The SMILES string of the molecule is Cc1cc(F)c(Br)cc1NC(=O)CNCC1CC1. The maximum absolute atomic E-state index is 13.2. The van der Waals surface area contributed by atoms with Gasteiger partial charge in [0.15, 0.2) is 0 Å². The molecule has 1 amide bonds. The van der Waals surface area contributed by atoms with Crippen LogP contribution in [0.25, 0.3) is 0 Å². The summed E-state index contributed by atoms with van der Waals surface area (Å²) in [5.41, 5.74) is 1.35. The van der Waals surface area contributed by atoms with Crippen molar-refractivity contribution in [3.05, 3.63) is 28.0 Å². The first-order valence-corrected chi connectivity index (χ1v) is 6.82. The van der Waals surface area contributed by atoms with Crippen LogP contribution in [0, 0.1) is 18.7 Å². The van der Waals surface area contributed by atoms with Crippen LogP contribution in [0.2, 0.25) is 0 Å². The minimum atomic E-state index is -0.322. The Morgan fingerprint density at radius 2 is 2.22 bits per heavy atom. The molecule has 0 aromatic heterocycles. The van der Waals surface area contributed by atoms with E-state index in [4.69, 9.17) is 0 Å². The van der Waals surface area contributed by atoms with Crippen molar-refractivity contribution in [3.8, 4) is 0 Å². The number of halogens is 2. The average Bonchev–Trinajstić information content (AvgIpc) is 3.10. The molecule has 2 rings (SSSR count). The summed E-state index contributed by atoms with van der Waals surface area (Å²) >= 11 is 3.11. The van der Waals surface area contributed by atoms with Crippen LogP contribution >= 0.6 is 15.9 Å². The fourth-order valence-corrected chi connectivity index (χ4v) is 2.03. The van der Waals surface area contributed by atoms with Gasteiger partial charge in [-0.2, -0.15) is 0 Å². The lowest BCUT2D eigenvalue weighted by molar-refractivity contribution is -0.115. The van der Waals surface area contributed by atoms with Crippen molar-refractivity contribution >= 4 is 27.5 Å². The molecule has 18 heavy (non-hydrogen) atoms. The molecule has 1 aliphatic carbocycles. The molecule has 3 nitrogen and oxygen atoms in total. The summed E-state index contributed by atoms with van der Waals surface area (Å²) in [5.74, 6) is 0.328. The van der Waals surface area contributed by atoms with Crippen LogP contribution in [0.1, 0.15) is 18.4 Å². The Hall–Kier alpha value is -0.940. The van der Waals surface area contributed by atoms with Crippen molar-refractivity contribution < 1.29 is 9.18 Å². The van der Waals surface area contributed by atoms with Gasteiger partial charge in [-0.25, -0.2) is 4.39 Å². The second-order valence-electron chi connectivity index (χ2n) is 4.70. The molecule has 2 N–H and O–H groups in total. The van der Waals surface area contributed by atoms with E-state index < -0.39 is 0 Å². The summed E-state index contributed by atoms with van der Waals surface area (Å²) in [6.07, 6.45) is 2.53. The number of carbonyl (C=O) groups excluding carboxylic acids is 1. The Labute approximate surface area is 114 Å². The zero-order valence-corrected chi connectivity index (χ0v) is 11.8. The molecule has 0 bridgehead atoms. The molecule has 1 saturated carbocycles. The van der Waals surface area contributed by atoms with Gasteiger partial charge in [-0.1, -0.05) is 0 Å². The van der Waals surface area contributed by atoms with Crippen molar-refractivity contribution in [2.45, 2.75) is 19.8 Å². The standard InChI is InChI=1S/C13H16BrFN2O/c1-8-4-11(15)10(14)5-12(8)17-13(18)7-16-6-9-2-3-9/h4-5,9,16H,2-3,6-7H2,1H3,(H,17,18). The average molecular weight is 315 g/mol. The van der Waals surface area contributed by atoms with Gasteiger partial charge in [0.2, 0.25) is 5.91 Å². The maximum atomic E-state index is 13.2. The monoisotopic (exact) mass is 314 g/mol. The molecule has 0 aliphatic heterocycles. The molecule has 1 fully saturated rings. The van der Waals surface area contributed by atoms with Crippen LogP contribution in [0.4, 0.5) is 10.1 Å². The number of rotatable bonds is 5. The Balaban J connectivity index is 1.87. The van der Waals surface area contributed by atoms with Crippen LogP contribution in [0.3, 0.4) is 0 Å². The van der Waals surface area contributed by atoms with E-state index in [2.05, 4.69) is 26.6 Å². The number of benzene rings is 1. The van der Waals surface area contributed by atoms with Crippen LogP contribution < -0.4 is 10.6 Å². The summed E-state index contributed by atoms with van der Waals surface area (Å²) in [4.78, 5) is 11.7. The van der Waals surface area contributed by atoms with E-state index >= 15 is 0 Å². The molecule has 1 aromatic rings. The minimum Gasteiger partial charge on any atom is -0.325 e. The molecule has 5 heteroatoms. The summed E-state index contributed by atoms with van der Waals surface area (Å²) < 4.78 is 13.6. The zero-order chi connectivity index (χ0) is 13.1. The first-order chi connectivity index (χ1) is 8.56. The van der Waals surface area contributed by atoms with Crippen LogP contribution in [-0.2, 0) is 4.79 Å². The van der Waals surface area contributed by atoms with Crippen molar-refractivity contribution in [1.82, 2.24) is 5.32 Å². The van der Waals surface area contributed by atoms with Crippen LogP contribution in [-0.4, -0.2) is 19.0 Å². The van der Waals surface area contributed by atoms with Crippen molar-refractivity contribution in [3.63, 3.8) is 0 Å². The fraction of sp³-hybridized carbons (Fsp3) is 0.462. The van der Waals surface area contributed by atoms with E-state index in [1.807, 2.05) is 0 Å². The summed E-state index contributed by atoms with van der Waals surface area (Å²) in [6, 6.07) is 2.99. The van der Waals surface area contributed by atoms with Gasteiger partial charge in [0.05, 0.1) is 11.0 Å². The van der Waals surface area contributed by atoms with Gasteiger partial charge >= 0.3 is 0 Å². The largest absolute Gasteiger partial charge is 0.325 e. The Morgan fingerprint density at radius 1 is 1.50 bits per heavy atom. The van der Waals surface area contributed by atoms with Crippen molar-refractivity contribution in [1.29, 1.82) is 0 Å². The quantitative estimate of drug-likeness (QED) is 0.877. The van der Waals surface area contributed by atoms with E-state index in [0.29, 0.717) is 22.3 Å². The lowest BCUT2D eigenvalue weighted by Gasteiger charge is -2.10. The third kappa shape index (κ3) is 3.78. The third-order valence-electron chi connectivity index (χ3n) is 2.96. The predicted molar refractivity (Wildman–Crippen MR) is 73.1 cm³/mol. The number of hydrogen-bond acceptors (Lipinski definition) is 2. The van der Waals surface area contributed by atoms with Gasteiger partial charge in [0, 0.05) is 5.69 Å². The molecule has 0 saturated heterocycles. The number of amides is 1. The Morgan fingerprint density at radius 3 is 2.89 bits per heavy atom. The van der Waals surface area contributed by atoms with E-state index in [9.17, 15) is 9.18 Å². The highest BCUT2D eigenvalue weighted by molar-refractivity contribution is 9.10. The number of aryl methyl sites for hydroxylation is 1. The van der Waals surface area contributed by atoms with E-state index in [0.717, 1.165) is 12.5 Å². The molecule has 1 aliphatic rings.